The van der Waals surface area contributed by atoms with E-state index in [1.807, 2.05) is 11.8 Å². The molecule has 2 fully saturated rings. The van der Waals surface area contributed by atoms with Crippen molar-refractivity contribution in [2.75, 3.05) is 24.6 Å². The second kappa shape index (κ2) is 6.70. The molecule has 2 saturated heterocycles. The van der Waals surface area contributed by atoms with Crippen LogP contribution in [-0.4, -0.2) is 47.3 Å². The Labute approximate surface area is 135 Å². The number of rotatable bonds is 3. The first-order chi connectivity index (χ1) is 11.1. The Morgan fingerprint density at radius 2 is 2.26 bits per heavy atom. The molecule has 0 bridgehead atoms. The van der Waals surface area contributed by atoms with Gasteiger partial charge in [-0.1, -0.05) is 0 Å². The Hall–Kier alpha value is -1.89. The molecule has 3 atom stereocenters. The maximum atomic E-state index is 12.4. The largest absolute Gasteiger partial charge is 0.378 e. The minimum atomic E-state index is -0.0997. The summed E-state index contributed by atoms with van der Waals surface area (Å²) in [4.78, 5) is 30.8. The van der Waals surface area contributed by atoms with Gasteiger partial charge in [0.25, 0.3) is 5.56 Å². The Kier molecular flexibility index (Phi) is 4.66. The van der Waals surface area contributed by atoms with E-state index in [0.717, 1.165) is 25.8 Å². The molecular weight excluding hydrogens is 296 g/mol. The van der Waals surface area contributed by atoms with Crippen LogP contribution < -0.4 is 15.8 Å². The molecule has 23 heavy (non-hydrogen) atoms. The van der Waals surface area contributed by atoms with Crippen LogP contribution in [0, 0.1) is 5.92 Å². The Balaban J connectivity index is 1.65. The fraction of sp³-hybridized carbons (Fsp3) is 0.688. The van der Waals surface area contributed by atoms with Gasteiger partial charge in [0.2, 0.25) is 5.91 Å². The fourth-order valence-electron chi connectivity index (χ4n) is 3.37. The van der Waals surface area contributed by atoms with E-state index in [-0.39, 0.29) is 29.5 Å². The van der Waals surface area contributed by atoms with Gasteiger partial charge in [-0.3, -0.25) is 9.59 Å². The number of hydrogen-bond acceptors (Lipinski definition) is 5. The summed E-state index contributed by atoms with van der Waals surface area (Å²) in [5, 5.41) is 3.13. The quantitative estimate of drug-likeness (QED) is 0.866. The first-order valence-electron chi connectivity index (χ1n) is 8.25. The van der Waals surface area contributed by atoms with Gasteiger partial charge >= 0.3 is 0 Å². The maximum Gasteiger partial charge on any atom is 0.293 e. The van der Waals surface area contributed by atoms with Gasteiger partial charge in [-0.25, -0.2) is 4.98 Å². The summed E-state index contributed by atoms with van der Waals surface area (Å²) in [6.07, 6.45) is 5.91. The van der Waals surface area contributed by atoms with E-state index in [1.54, 1.807) is 19.4 Å². The molecule has 0 unspecified atom stereocenters. The summed E-state index contributed by atoms with van der Waals surface area (Å²) in [5.74, 6) is 0.468. The standard InChI is InChI=1S/C16H24N4O3/c1-11-13(5-9-23-11)15(21)18-12-4-3-7-20(10-12)14-16(22)19(2)8-6-17-14/h6,8,11-13H,3-5,7,9-10H2,1-2H3,(H,18,21)/t11-,12+,13-/m0/s1. The van der Waals surface area contributed by atoms with Crippen LogP contribution in [0.1, 0.15) is 26.2 Å². The number of aryl methyl sites for hydroxylation is 1. The van der Waals surface area contributed by atoms with Gasteiger partial charge in [0.05, 0.1) is 12.0 Å². The van der Waals surface area contributed by atoms with E-state index in [2.05, 4.69) is 10.3 Å². The number of anilines is 1. The molecule has 1 aromatic rings. The number of amides is 1. The Morgan fingerprint density at radius 3 is 3.00 bits per heavy atom. The Bertz CT molecular complexity index is 630. The summed E-state index contributed by atoms with van der Waals surface area (Å²) in [6, 6.07) is 0.0516. The molecule has 1 aromatic heterocycles. The van der Waals surface area contributed by atoms with Crippen molar-refractivity contribution in [3.8, 4) is 0 Å². The number of carbonyl (C=O) groups excluding carboxylic acids is 1. The minimum Gasteiger partial charge on any atom is -0.378 e. The minimum absolute atomic E-state index is 0.0159. The lowest BCUT2D eigenvalue weighted by atomic mass is 9.99. The molecule has 0 radical (unpaired) electrons. The highest BCUT2D eigenvalue weighted by atomic mass is 16.5. The van der Waals surface area contributed by atoms with E-state index in [1.165, 1.54) is 4.57 Å². The second-order valence-electron chi connectivity index (χ2n) is 6.43. The molecule has 1 N–H and O–H groups in total. The van der Waals surface area contributed by atoms with Gasteiger partial charge in [0.1, 0.15) is 0 Å². The van der Waals surface area contributed by atoms with Crippen LogP contribution in [0.15, 0.2) is 17.2 Å². The van der Waals surface area contributed by atoms with Crippen molar-refractivity contribution in [2.45, 2.75) is 38.3 Å². The zero-order valence-electron chi connectivity index (χ0n) is 13.7. The number of piperidine rings is 1. The third-order valence-electron chi connectivity index (χ3n) is 4.78. The van der Waals surface area contributed by atoms with Crippen LogP contribution >= 0.6 is 0 Å². The topological polar surface area (TPSA) is 76.5 Å². The molecule has 2 aliphatic heterocycles. The van der Waals surface area contributed by atoms with E-state index < -0.39 is 0 Å². The van der Waals surface area contributed by atoms with Crippen molar-refractivity contribution in [2.24, 2.45) is 13.0 Å². The molecule has 3 heterocycles. The number of hydrogen-bond donors (Lipinski definition) is 1. The number of nitrogens with zero attached hydrogens (tertiary/aromatic N) is 3. The smallest absolute Gasteiger partial charge is 0.293 e. The molecule has 7 heteroatoms. The third-order valence-corrected chi connectivity index (χ3v) is 4.78. The summed E-state index contributed by atoms with van der Waals surface area (Å²) in [7, 11) is 1.72. The normalized spacial score (nSPS) is 27.9. The lowest BCUT2D eigenvalue weighted by Gasteiger charge is -2.34. The van der Waals surface area contributed by atoms with E-state index in [4.69, 9.17) is 4.74 Å². The van der Waals surface area contributed by atoms with Gasteiger partial charge in [0.15, 0.2) is 5.82 Å². The van der Waals surface area contributed by atoms with Crippen LogP contribution in [0.3, 0.4) is 0 Å². The lowest BCUT2D eigenvalue weighted by Crippen LogP contribution is -2.51. The van der Waals surface area contributed by atoms with E-state index in [9.17, 15) is 9.59 Å². The van der Waals surface area contributed by atoms with Crippen molar-refractivity contribution in [3.05, 3.63) is 22.7 Å². The van der Waals surface area contributed by atoms with Crippen LogP contribution in [-0.2, 0) is 16.6 Å². The number of carbonyl (C=O) groups is 1. The molecular formula is C16H24N4O3. The molecule has 3 rings (SSSR count). The zero-order valence-corrected chi connectivity index (χ0v) is 13.7. The van der Waals surface area contributed by atoms with Gasteiger partial charge < -0.3 is 19.5 Å². The summed E-state index contributed by atoms with van der Waals surface area (Å²) >= 11 is 0. The van der Waals surface area contributed by atoms with Crippen molar-refractivity contribution in [1.82, 2.24) is 14.9 Å². The molecule has 0 aromatic carbocycles. The number of ether oxygens (including phenoxy) is 1. The van der Waals surface area contributed by atoms with Crippen LogP contribution in [0.2, 0.25) is 0 Å². The third kappa shape index (κ3) is 3.39. The van der Waals surface area contributed by atoms with Crippen molar-refractivity contribution in [3.63, 3.8) is 0 Å². The molecule has 1 amide bonds. The van der Waals surface area contributed by atoms with Gasteiger partial charge in [-0.15, -0.1) is 0 Å². The highest BCUT2D eigenvalue weighted by Crippen LogP contribution is 2.21. The van der Waals surface area contributed by atoms with E-state index >= 15 is 0 Å². The van der Waals surface area contributed by atoms with Gasteiger partial charge in [0, 0.05) is 45.2 Å². The summed E-state index contributed by atoms with van der Waals surface area (Å²) < 4.78 is 7.00. The van der Waals surface area contributed by atoms with Crippen LogP contribution in [0.5, 0.6) is 0 Å². The summed E-state index contributed by atoms with van der Waals surface area (Å²) in [6.45, 7) is 4.02. The molecule has 126 valence electrons. The lowest BCUT2D eigenvalue weighted by molar-refractivity contribution is -0.127. The van der Waals surface area contributed by atoms with Crippen LogP contribution in [0.4, 0.5) is 5.82 Å². The SMILES string of the molecule is C[C@@H]1OCC[C@@H]1C(=O)N[C@@H]1CCCN(c2nccn(C)c2=O)C1. The molecule has 0 spiro atoms. The second-order valence-corrected chi connectivity index (χ2v) is 6.43. The molecule has 7 nitrogen and oxygen atoms in total. The van der Waals surface area contributed by atoms with Gasteiger partial charge in [-0.05, 0) is 26.2 Å². The molecule has 0 saturated carbocycles. The summed E-state index contributed by atoms with van der Waals surface area (Å²) in [5.41, 5.74) is -0.0997. The maximum absolute atomic E-state index is 12.4. The highest BCUT2D eigenvalue weighted by molar-refractivity contribution is 5.79. The average Bonchev–Trinajstić information content (AvgIpc) is 2.96. The van der Waals surface area contributed by atoms with Crippen LogP contribution in [0.25, 0.3) is 0 Å². The fourth-order valence-corrected chi connectivity index (χ4v) is 3.37. The number of nitrogens with one attached hydrogen (secondary N) is 1. The molecule has 2 aliphatic rings. The predicted molar refractivity (Wildman–Crippen MR) is 86.4 cm³/mol. The first-order valence-corrected chi connectivity index (χ1v) is 8.25. The average molecular weight is 320 g/mol. The first kappa shape index (κ1) is 16.0. The predicted octanol–water partition coefficient (Wildman–Crippen LogP) is 0.290. The highest BCUT2D eigenvalue weighted by Gasteiger charge is 2.33. The number of aromatic nitrogens is 2. The van der Waals surface area contributed by atoms with Crippen molar-refractivity contribution in [1.29, 1.82) is 0 Å². The van der Waals surface area contributed by atoms with Crippen molar-refractivity contribution < 1.29 is 9.53 Å². The van der Waals surface area contributed by atoms with Crippen molar-refractivity contribution >= 4 is 11.7 Å². The molecule has 0 aliphatic carbocycles. The Morgan fingerprint density at radius 1 is 1.43 bits per heavy atom. The zero-order chi connectivity index (χ0) is 16.4. The van der Waals surface area contributed by atoms with Gasteiger partial charge in [-0.2, -0.15) is 0 Å². The monoisotopic (exact) mass is 320 g/mol. The van der Waals surface area contributed by atoms with E-state index in [0.29, 0.717) is 19.0 Å².